The first-order valence-corrected chi connectivity index (χ1v) is 9.12. The van der Waals surface area contributed by atoms with Crippen molar-refractivity contribution in [2.75, 3.05) is 18.6 Å². The highest BCUT2D eigenvalue weighted by Gasteiger charge is 2.24. The summed E-state index contributed by atoms with van der Waals surface area (Å²) in [5, 5.41) is 0. The molecule has 27 heavy (non-hydrogen) atoms. The molecule has 0 atom stereocenters. The molecule has 1 amide bonds. The molecule has 3 aromatic rings. The van der Waals surface area contributed by atoms with Gasteiger partial charge in [0.25, 0.3) is 0 Å². The summed E-state index contributed by atoms with van der Waals surface area (Å²) in [4.78, 5) is 18.3. The Balaban J connectivity index is 1.65. The number of carbonyl (C=O) groups is 1. The monoisotopic (exact) mass is 363 g/mol. The Morgan fingerprint density at radius 3 is 2.85 bits per heavy atom. The number of anilines is 1. The minimum absolute atomic E-state index is 0.176. The van der Waals surface area contributed by atoms with Crippen LogP contribution in [0.1, 0.15) is 24.2 Å². The van der Waals surface area contributed by atoms with Gasteiger partial charge in [0.05, 0.1) is 12.8 Å². The summed E-state index contributed by atoms with van der Waals surface area (Å²) in [6.45, 7) is 3.56. The molecule has 0 unspecified atom stereocenters. The van der Waals surface area contributed by atoms with Gasteiger partial charge in [0.2, 0.25) is 12.2 Å². The zero-order valence-corrected chi connectivity index (χ0v) is 15.6. The number of aromatic nitrogens is 3. The minimum Gasteiger partial charge on any atom is -0.492 e. The lowest BCUT2D eigenvalue weighted by Gasteiger charge is -2.17. The Morgan fingerprint density at radius 1 is 1.26 bits per heavy atom. The molecule has 6 nitrogen and oxygen atoms in total. The molecule has 1 aliphatic heterocycles. The Kier molecular flexibility index (Phi) is 4.62. The van der Waals surface area contributed by atoms with Crippen LogP contribution in [0.25, 0.3) is 5.69 Å². The second-order valence-electron chi connectivity index (χ2n) is 6.75. The van der Waals surface area contributed by atoms with Gasteiger partial charge in [-0.25, -0.2) is 4.57 Å². The molecule has 0 aliphatic carbocycles. The summed E-state index contributed by atoms with van der Waals surface area (Å²) in [6, 6.07) is 11.9. The van der Waals surface area contributed by atoms with Crippen LogP contribution < -0.4 is 14.2 Å². The van der Waals surface area contributed by atoms with Gasteiger partial charge in [0.15, 0.2) is 11.4 Å². The smallest absolute Gasteiger partial charge is 0.249 e. The quantitative estimate of drug-likeness (QED) is 0.655. The van der Waals surface area contributed by atoms with Crippen LogP contribution >= 0.6 is 0 Å². The van der Waals surface area contributed by atoms with Crippen molar-refractivity contribution >= 4 is 11.6 Å². The van der Waals surface area contributed by atoms with Crippen molar-refractivity contribution in [1.29, 1.82) is 0 Å². The van der Waals surface area contributed by atoms with E-state index in [0.29, 0.717) is 13.0 Å². The highest BCUT2D eigenvalue weighted by atomic mass is 16.5. The lowest BCUT2D eigenvalue weighted by atomic mass is 10.2. The minimum atomic E-state index is 0.176. The van der Waals surface area contributed by atoms with Crippen LogP contribution in [0.15, 0.2) is 55.1 Å². The normalized spacial score (nSPS) is 14.0. The third-order valence-corrected chi connectivity index (χ3v) is 4.93. The molecule has 0 N–H and O–H groups in total. The van der Waals surface area contributed by atoms with E-state index >= 15 is 0 Å². The summed E-state index contributed by atoms with van der Waals surface area (Å²) >= 11 is 0. The average Bonchev–Trinajstić information content (AvgIpc) is 3.28. The van der Waals surface area contributed by atoms with E-state index in [4.69, 9.17) is 4.74 Å². The highest BCUT2D eigenvalue weighted by Crippen LogP contribution is 2.30. The molecule has 138 valence electrons. The van der Waals surface area contributed by atoms with Crippen LogP contribution in [-0.4, -0.2) is 29.1 Å². The number of methoxy groups -OCH3 is 1. The average molecular weight is 363 g/mol. The van der Waals surface area contributed by atoms with Crippen LogP contribution in [0, 0.1) is 6.92 Å². The second kappa shape index (κ2) is 7.23. The number of pyridine rings is 1. The number of benzene rings is 1. The molecule has 0 radical (unpaired) electrons. The molecule has 0 spiro atoms. The first kappa shape index (κ1) is 17.3. The largest absolute Gasteiger partial charge is 0.492 e. The summed E-state index contributed by atoms with van der Waals surface area (Å²) in [7, 11) is 1.66. The zero-order valence-electron chi connectivity index (χ0n) is 15.6. The van der Waals surface area contributed by atoms with Gasteiger partial charge >= 0.3 is 0 Å². The van der Waals surface area contributed by atoms with Gasteiger partial charge in [-0.05, 0) is 30.7 Å². The third-order valence-electron chi connectivity index (χ3n) is 4.93. The van der Waals surface area contributed by atoms with E-state index in [-0.39, 0.29) is 5.91 Å². The number of carbonyl (C=O) groups excluding carboxylic acids is 1. The predicted octanol–water partition coefficient (Wildman–Crippen LogP) is 2.65. The molecular weight excluding hydrogens is 340 g/mol. The second-order valence-corrected chi connectivity index (χ2v) is 6.75. The number of hydrogen-bond donors (Lipinski definition) is 0. The van der Waals surface area contributed by atoms with E-state index in [1.807, 2.05) is 58.4 Å². The van der Waals surface area contributed by atoms with Crippen LogP contribution in [0.3, 0.4) is 0 Å². The Morgan fingerprint density at radius 2 is 2.15 bits per heavy atom. The molecule has 1 saturated heterocycles. The number of rotatable bonds is 5. The zero-order chi connectivity index (χ0) is 18.8. The summed E-state index contributed by atoms with van der Waals surface area (Å²) in [5.74, 6) is 0.919. The fraction of sp³-hybridized carbons (Fsp3) is 0.286. The number of imidazole rings is 1. The standard InChI is InChI=1S/C21H23N4O2/c1-16-13-24(15-23(16)14-17-6-3-4-10-22-17)19-9-8-18(12-20(19)27-2)25-11-5-7-21(25)26/h3-4,6,8-10,12-13,15H,5,7,11,14H2,1-2H3/q+1. The summed E-state index contributed by atoms with van der Waals surface area (Å²) < 4.78 is 9.82. The molecule has 1 aromatic carbocycles. The fourth-order valence-corrected chi connectivity index (χ4v) is 3.48. The van der Waals surface area contributed by atoms with Crippen molar-refractivity contribution in [3.63, 3.8) is 0 Å². The van der Waals surface area contributed by atoms with Crippen molar-refractivity contribution < 1.29 is 14.1 Å². The van der Waals surface area contributed by atoms with E-state index in [2.05, 4.69) is 22.7 Å². The van der Waals surface area contributed by atoms with Gasteiger partial charge < -0.3 is 9.64 Å². The first-order valence-electron chi connectivity index (χ1n) is 9.12. The lowest BCUT2D eigenvalue weighted by molar-refractivity contribution is -0.693. The van der Waals surface area contributed by atoms with Gasteiger partial charge in [0.1, 0.15) is 18.4 Å². The predicted molar refractivity (Wildman–Crippen MR) is 102 cm³/mol. The van der Waals surface area contributed by atoms with Crippen molar-refractivity contribution in [1.82, 2.24) is 9.55 Å². The van der Waals surface area contributed by atoms with Gasteiger partial charge in [0, 0.05) is 37.8 Å². The molecular formula is C21H23N4O2+. The first-order chi connectivity index (χ1) is 13.2. The van der Waals surface area contributed by atoms with Crippen molar-refractivity contribution in [2.24, 2.45) is 0 Å². The topological polar surface area (TPSA) is 51.2 Å². The molecule has 4 rings (SSSR count). The molecule has 6 heteroatoms. The van der Waals surface area contributed by atoms with Crippen molar-refractivity contribution in [3.05, 3.63) is 66.5 Å². The van der Waals surface area contributed by atoms with Gasteiger partial charge in [-0.3, -0.25) is 9.78 Å². The van der Waals surface area contributed by atoms with Gasteiger partial charge in [-0.15, -0.1) is 0 Å². The highest BCUT2D eigenvalue weighted by molar-refractivity contribution is 5.95. The van der Waals surface area contributed by atoms with Gasteiger partial charge in [-0.2, -0.15) is 4.57 Å². The molecule has 0 bridgehead atoms. The van der Waals surface area contributed by atoms with E-state index < -0.39 is 0 Å². The van der Waals surface area contributed by atoms with E-state index in [1.165, 1.54) is 0 Å². The maximum Gasteiger partial charge on any atom is 0.249 e. The van der Waals surface area contributed by atoms with Crippen LogP contribution in [-0.2, 0) is 11.3 Å². The molecule has 3 heterocycles. The summed E-state index contributed by atoms with van der Waals surface area (Å²) in [5.41, 5.74) is 3.97. The Bertz CT molecular complexity index is 966. The lowest BCUT2D eigenvalue weighted by Crippen LogP contribution is -2.35. The molecule has 1 fully saturated rings. The number of ether oxygens (including phenoxy) is 1. The van der Waals surface area contributed by atoms with E-state index in [0.717, 1.165) is 41.5 Å². The van der Waals surface area contributed by atoms with Crippen LogP contribution in [0.5, 0.6) is 5.75 Å². The van der Waals surface area contributed by atoms with Crippen molar-refractivity contribution in [3.8, 4) is 11.4 Å². The van der Waals surface area contributed by atoms with Crippen LogP contribution in [0.4, 0.5) is 5.69 Å². The Hall–Kier alpha value is -3.15. The molecule has 2 aromatic heterocycles. The van der Waals surface area contributed by atoms with Crippen molar-refractivity contribution in [2.45, 2.75) is 26.3 Å². The summed E-state index contributed by atoms with van der Waals surface area (Å²) in [6.07, 6.45) is 7.45. The number of nitrogens with zero attached hydrogens (tertiary/aromatic N) is 4. The third kappa shape index (κ3) is 3.43. The van der Waals surface area contributed by atoms with Gasteiger partial charge in [-0.1, -0.05) is 6.07 Å². The maximum absolute atomic E-state index is 12.0. The van der Waals surface area contributed by atoms with E-state index in [1.54, 1.807) is 7.11 Å². The SMILES string of the molecule is COc1cc(N2CCCC2=O)ccc1-n1cc(C)[n+](Cc2ccccn2)c1. The molecule has 1 aliphatic rings. The molecule has 0 saturated carbocycles. The maximum atomic E-state index is 12.0. The fourth-order valence-electron chi connectivity index (χ4n) is 3.48. The number of amides is 1. The Labute approximate surface area is 158 Å². The number of aryl methyl sites for hydroxylation is 1. The number of hydrogen-bond acceptors (Lipinski definition) is 3. The van der Waals surface area contributed by atoms with Crippen LogP contribution in [0.2, 0.25) is 0 Å². The van der Waals surface area contributed by atoms with E-state index in [9.17, 15) is 4.79 Å².